The molecule has 11 nitrogen and oxygen atoms in total. The van der Waals surface area contributed by atoms with E-state index in [0.717, 1.165) is 0 Å². The van der Waals surface area contributed by atoms with E-state index < -0.39 is 17.1 Å². The maximum atomic E-state index is 12.2. The maximum Gasteiger partial charge on any atom is 0.307 e. The SMILES string of the molecule is O=C(N/N=C1\C[C@@H](n2cc([N+](=O)[O-])cn2)[C@@H]2CO[C@@H]1O2)c1ccccc1O. The fraction of sp³-hybridized carbons (Fsp3) is 0.312. The van der Waals surface area contributed by atoms with Crippen molar-refractivity contribution in [3.63, 3.8) is 0 Å². The van der Waals surface area contributed by atoms with Gasteiger partial charge in [0.15, 0.2) is 6.29 Å². The third kappa shape index (κ3) is 3.25. The van der Waals surface area contributed by atoms with Crippen LogP contribution < -0.4 is 5.43 Å². The number of nitrogens with zero attached hydrogens (tertiary/aromatic N) is 4. The van der Waals surface area contributed by atoms with Gasteiger partial charge in [0.25, 0.3) is 5.91 Å². The van der Waals surface area contributed by atoms with Gasteiger partial charge >= 0.3 is 5.69 Å². The highest BCUT2D eigenvalue weighted by Crippen LogP contribution is 2.33. The second-order valence-electron chi connectivity index (χ2n) is 6.11. The summed E-state index contributed by atoms with van der Waals surface area (Å²) in [4.78, 5) is 22.5. The monoisotopic (exact) mass is 373 g/mol. The average molecular weight is 373 g/mol. The highest BCUT2D eigenvalue weighted by Gasteiger charge is 2.43. The Bertz CT molecular complexity index is 926. The number of hydrogen-bond acceptors (Lipinski definition) is 8. The molecular weight excluding hydrogens is 358 g/mol. The van der Waals surface area contributed by atoms with Gasteiger partial charge in [-0.3, -0.25) is 19.6 Å². The molecule has 27 heavy (non-hydrogen) atoms. The first kappa shape index (κ1) is 17.1. The summed E-state index contributed by atoms with van der Waals surface area (Å²) in [5.41, 5.74) is 2.77. The lowest BCUT2D eigenvalue weighted by molar-refractivity contribution is -0.385. The van der Waals surface area contributed by atoms with Crippen molar-refractivity contribution in [2.45, 2.75) is 24.9 Å². The maximum absolute atomic E-state index is 12.2. The minimum atomic E-state index is -0.693. The molecule has 2 aliphatic heterocycles. The van der Waals surface area contributed by atoms with E-state index in [9.17, 15) is 20.0 Å². The first-order valence-corrected chi connectivity index (χ1v) is 8.13. The van der Waals surface area contributed by atoms with Gasteiger partial charge in [0.1, 0.15) is 24.2 Å². The van der Waals surface area contributed by atoms with E-state index in [1.54, 1.807) is 12.1 Å². The van der Waals surface area contributed by atoms with Crippen molar-refractivity contribution in [3.05, 3.63) is 52.3 Å². The first-order valence-electron chi connectivity index (χ1n) is 8.13. The van der Waals surface area contributed by atoms with E-state index in [4.69, 9.17) is 9.47 Å². The summed E-state index contributed by atoms with van der Waals surface area (Å²) in [6, 6.07) is 5.75. The summed E-state index contributed by atoms with van der Waals surface area (Å²) in [5.74, 6) is -0.735. The summed E-state index contributed by atoms with van der Waals surface area (Å²) >= 11 is 0. The number of benzene rings is 1. The second kappa shape index (κ2) is 6.78. The van der Waals surface area contributed by atoms with Gasteiger partial charge in [-0.15, -0.1) is 0 Å². The van der Waals surface area contributed by atoms with E-state index in [0.29, 0.717) is 12.1 Å². The molecule has 2 saturated heterocycles. The molecule has 140 valence electrons. The number of carbonyl (C=O) groups is 1. The van der Waals surface area contributed by atoms with Crippen molar-refractivity contribution in [2.75, 3.05) is 6.61 Å². The number of hydrazone groups is 1. The van der Waals surface area contributed by atoms with E-state index in [-0.39, 0.29) is 35.8 Å². The first-order chi connectivity index (χ1) is 13.0. The van der Waals surface area contributed by atoms with Crippen LogP contribution in [0, 0.1) is 10.1 Å². The molecule has 1 aromatic carbocycles. The Morgan fingerprint density at radius 3 is 3.00 bits per heavy atom. The quantitative estimate of drug-likeness (QED) is 0.601. The summed E-state index contributed by atoms with van der Waals surface area (Å²) in [5, 5.41) is 28.7. The predicted octanol–water partition coefficient (Wildman–Crippen LogP) is 0.969. The van der Waals surface area contributed by atoms with Crippen molar-refractivity contribution in [1.82, 2.24) is 15.2 Å². The lowest BCUT2D eigenvalue weighted by Gasteiger charge is -2.28. The number of aromatic hydroxyl groups is 1. The zero-order valence-corrected chi connectivity index (χ0v) is 13.9. The number of phenols is 1. The van der Waals surface area contributed by atoms with Crippen molar-refractivity contribution in [2.24, 2.45) is 5.10 Å². The molecule has 0 saturated carbocycles. The van der Waals surface area contributed by atoms with Crippen LogP contribution in [0.25, 0.3) is 0 Å². The van der Waals surface area contributed by atoms with Crippen LogP contribution in [0.15, 0.2) is 41.8 Å². The Hall–Kier alpha value is -3.31. The van der Waals surface area contributed by atoms with E-state index in [1.165, 1.54) is 29.2 Å². The van der Waals surface area contributed by atoms with Crippen LogP contribution in [0.2, 0.25) is 0 Å². The fourth-order valence-corrected chi connectivity index (χ4v) is 3.05. The summed E-state index contributed by atoms with van der Waals surface area (Å²) in [7, 11) is 0. The number of nitro groups is 1. The zero-order valence-electron chi connectivity index (χ0n) is 13.9. The highest BCUT2D eigenvalue weighted by atomic mass is 16.7. The van der Waals surface area contributed by atoms with Crippen LogP contribution in [0.3, 0.4) is 0 Å². The van der Waals surface area contributed by atoms with Crippen molar-refractivity contribution < 1.29 is 24.3 Å². The van der Waals surface area contributed by atoms with Crippen LogP contribution >= 0.6 is 0 Å². The number of para-hydroxylation sites is 1. The molecule has 11 heteroatoms. The van der Waals surface area contributed by atoms with Gasteiger partial charge in [0.2, 0.25) is 0 Å². The van der Waals surface area contributed by atoms with E-state index >= 15 is 0 Å². The fourth-order valence-electron chi connectivity index (χ4n) is 3.05. The van der Waals surface area contributed by atoms with Gasteiger partial charge in [0.05, 0.1) is 28.8 Å². The third-order valence-corrected chi connectivity index (χ3v) is 4.42. The number of aromatic nitrogens is 2. The van der Waals surface area contributed by atoms with Crippen LogP contribution in [-0.2, 0) is 9.47 Å². The molecule has 4 rings (SSSR count). The Kier molecular flexibility index (Phi) is 4.30. The molecule has 2 bridgehead atoms. The number of ether oxygens (including phenoxy) is 2. The molecule has 2 aliphatic rings. The van der Waals surface area contributed by atoms with Crippen LogP contribution in [0.1, 0.15) is 22.8 Å². The molecule has 1 amide bonds. The van der Waals surface area contributed by atoms with Crippen LogP contribution in [0.4, 0.5) is 5.69 Å². The van der Waals surface area contributed by atoms with E-state index in [2.05, 4.69) is 15.6 Å². The smallest absolute Gasteiger partial charge is 0.307 e. The minimum absolute atomic E-state index is 0.0862. The molecule has 0 spiro atoms. The molecule has 3 atom stereocenters. The van der Waals surface area contributed by atoms with Crippen molar-refractivity contribution in [3.8, 4) is 5.75 Å². The van der Waals surface area contributed by atoms with Gasteiger partial charge in [0, 0.05) is 6.42 Å². The summed E-state index contributed by atoms with van der Waals surface area (Å²) in [6.07, 6.45) is 1.82. The summed E-state index contributed by atoms with van der Waals surface area (Å²) in [6.45, 7) is 0.287. The lowest BCUT2D eigenvalue weighted by atomic mass is 10.0. The highest BCUT2D eigenvalue weighted by molar-refractivity contribution is 5.98. The van der Waals surface area contributed by atoms with E-state index in [1.807, 2.05) is 0 Å². The zero-order chi connectivity index (χ0) is 19.0. The Balaban J connectivity index is 1.52. The summed E-state index contributed by atoms with van der Waals surface area (Å²) < 4.78 is 12.7. The Morgan fingerprint density at radius 2 is 2.26 bits per heavy atom. The van der Waals surface area contributed by atoms with Crippen molar-refractivity contribution in [1.29, 1.82) is 0 Å². The van der Waals surface area contributed by atoms with Crippen molar-refractivity contribution >= 4 is 17.3 Å². The Morgan fingerprint density at radius 1 is 1.44 bits per heavy atom. The normalized spacial score (nSPS) is 25.5. The largest absolute Gasteiger partial charge is 0.507 e. The number of hydrogen-bond donors (Lipinski definition) is 2. The Labute approximate surface area is 152 Å². The number of phenolic OH excluding ortho intramolecular Hbond substituents is 1. The number of carbonyl (C=O) groups excluding carboxylic acids is 1. The molecule has 2 aromatic rings. The minimum Gasteiger partial charge on any atom is -0.507 e. The number of rotatable bonds is 4. The second-order valence-corrected chi connectivity index (χ2v) is 6.11. The predicted molar refractivity (Wildman–Crippen MR) is 90.2 cm³/mol. The van der Waals surface area contributed by atoms with Gasteiger partial charge in [-0.2, -0.15) is 10.2 Å². The molecule has 0 unspecified atom stereocenters. The lowest BCUT2D eigenvalue weighted by Crippen LogP contribution is -2.38. The van der Waals surface area contributed by atoms with Gasteiger partial charge < -0.3 is 14.6 Å². The van der Waals surface area contributed by atoms with Gasteiger partial charge in [-0.1, -0.05) is 12.1 Å². The number of amides is 1. The molecule has 0 aliphatic carbocycles. The molecule has 1 aromatic heterocycles. The van der Waals surface area contributed by atoms with Gasteiger partial charge in [-0.25, -0.2) is 5.43 Å². The molecule has 0 radical (unpaired) electrons. The number of nitrogens with one attached hydrogen (secondary N) is 1. The third-order valence-electron chi connectivity index (χ3n) is 4.42. The number of fused-ring (bicyclic) bond motifs is 2. The topological polar surface area (TPSA) is 141 Å². The molecular formula is C16H15N5O6. The van der Waals surface area contributed by atoms with Crippen LogP contribution in [-0.4, -0.2) is 50.4 Å². The van der Waals surface area contributed by atoms with Crippen LogP contribution in [0.5, 0.6) is 5.75 Å². The molecule has 3 heterocycles. The standard InChI is InChI=1S/C16H15N5O6/c22-13-4-2-1-3-10(13)15(23)19-18-11-5-12(14-8-26-16(11)27-14)20-7-9(6-17-20)21(24)25/h1-4,6-7,12,14,16,22H,5,8H2,(H,19,23)/b18-11+/t12-,14+,16-/m1/s1. The molecule has 2 N–H and O–H groups in total. The van der Waals surface area contributed by atoms with Gasteiger partial charge in [-0.05, 0) is 12.1 Å². The average Bonchev–Trinajstić information content (AvgIpc) is 3.30. The molecule has 2 fully saturated rings.